The summed E-state index contributed by atoms with van der Waals surface area (Å²) in [6.45, 7) is 5.40. The molecule has 3 fully saturated rings. The normalized spacial score (nSPS) is 27.7. The van der Waals surface area contributed by atoms with E-state index in [1.165, 1.54) is 24.9 Å². The topological polar surface area (TPSA) is 78.2 Å². The Kier molecular flexibility index (Phi) is 9.58. The Bertz CT molecular complexity index is 996. The third-order valence-electron chi connectivity index (χ3n) is 8.37. The summed E-state index contributed by atoms with van der Waals surface area (Å²) in [6, 6.07) is 0.242. The van der Waals surface area contributed by atoms with Gasteiger partial charge in [0.15, 0.2) is 0 Å². The molecule has 11 heteroatoms. The molecule has 1 saturated heterocycles. The van der Waals surface area contributed by atoms with Gasteiger partial charge in [0.25, 0.3) is 0 Å². The van der Waals surface area contributed by atoms with Crippen LogP contribution in [0.5, 0.6) is 0 Å². The molecule has 0 radical (unpaired) electrons. The lowest BCUT2D eigenvalue weighted by atomic mass is 9.78. The number of aliphatic hydroxyl groups is 1. The molecular formula is C26H40ClF3N6O. The van der Waals surface area contributed by atoms with E-state index < -0.39 is 12.6 Å². The van der Waals surface area contributed by atoms with Crippen LogP contribution >= 0.6 is 12.4 Å². The van der Waals surface area contributed by atoms with Crippen molar-refractivity contribution >= 4 is 29.4 Å². The molecule has 3 N–H and O–H groups in total. The van der Waals surface area contributed by atoms with E-state index in [-0.39, 0.29) is 37.0 Å². The van der Waals surface area contributed by atoms with Crippen LogP contribution in [-0.2, 0) is 0 Å². The minimum Gasteiger partial charge on any atom is -0.393 e. The first-order valence-electron chi connectivity index (χ1n) is 13.6. The first-order chi connectivity index (χ1) is 17.4. The van der Waals surface area contributed by atoms with Gasteiger partial charge in [-0.2, -0.15) is 18.2 Å². The Hall–Kier alpha value is -1.62. The maximum absolute atomic E-state index is 12.6. The van der Waals surface area contributed by atoms with Crippen LogP contribution in [-0.4, -0.2) is 76.1 Å². The number of hydrogen-bond donors (Lipinski definition) is 3. The van der Waals surface area contributed by atoms with E-state index in [0.29, 0.717) is 5.92 Å². The molecule has 37 heavy (non-hydrogen) atoms. The highest BCUT2D eigenvalue weighted by Crippen LogP contribution is 2.41. The number of halogens is 4. The van der Waals surface area contributed by atoms with Crippen molar-refractivity contribution in [3.63, 3.8) is 0 Å². The zero-order valence-electron chi connectivity index (χ0n) is 21.3. The number of nitrogens with one attached hydrogen (secondary N) is 2. The molecule has 0 aromatic carbocycles. The van der Waals surface area contributed by atoms with Crippen molar-refractivity contribution in [3.05, 3.63) is 18.0 Å². The first kappa shape index (κ1) is 28.4. The fourth-order valence-corrected chi connectivity index (χ4v) is 6.31. The minimum absolute atomic E-state index is 0. The summed E-state index contributed by atoms with van der Waals surface area (Å²) < 4.78 is 40.0. The monoisotopic (exact) mass is 544 g/mol. The van der Waals surface area contributed by atoms with Gasteiger partial charge in [0.05, 0.1) is 12.5 Å². The summed E-state index contributed by atoms with van der Waals surface area (Å²) in [7, 11) is 0. The van der Waals surface area contributed by atoms with E-state index in [0.717, 1.165) is 81.7 Å². The molecule has 3 heterocycles. The second kappa shape index (κ2) is 12.5. The van der Waals surface area contributed by atoms with Gasteiger partial charge in [-0.25, -0.2) is 4.98 Å². The van der Waals surface area contributed by atoms with Crippen LogP contribution in [0.3, 0.4) is 0 Å². The number of aliphatic hydroxyl groups excluding tert-OH is 1. The molecule has 0 bridgehead atoms. The highest BCUT2D eigenvalue weighted by atomic mass is 35.5. The quantitative estimate of drug-likeness (QED) is 0.461. The van der Waals surface area contributed by atoms with Crippen molar-refractivity contribution in [2.75, 3.05) is 44.6 Å². The lowest BCUT2D eigenvalue weighted by Crippen LogP contribution is -2.45. The highest BCUT2D eigenvalue weighted by molar-refractivity contribution is 5.85. The predicted octanol–water partition coefficient (Wildman–Crippen LogP) is 4.87. The summed E-state index contributed by atoms with van der Waals surface area (Å²) in [5, 5.41) is 17.2. The number of aromatic nitrogens is 3. The summed E-state index contributed by atoms with van der Waals surface area (Å²) >= 11 is 0. The molecule has 0 spiro atoms. The standard InChI is InChI=1S/C26H39F3N6O.ClH/c27-26(28,29)9-10-31-25-32-15-22-23(17-35(24(22)33-25)20-5-7-21(36)8-6-20)19-3-1-18(2-4-19)16-34-13-11-30-12-14-34;/h15,17-21,30,36H,1-14,16H2,(H,31,32,33);1H/t18?,19?,20-,21-;. The average Bonchev–Trinajstić information content (AvgIpc) is 3.24. The van der Waals surface area contributed by atoms with Gasteiger partial charge in [-0.05, 0) is 68.8 Å². The maximum Gasteiger partial charge on any atom is 0.390 e. The van der Waals surface area contributed by atoms with Crippen LogP contribution in [0, 0.1) is 5.92 Å². The number of hydrogen-bond acceptors (Lipinski definition) is 6. The SMILES string of the molecule is Cl.O[C@H]1CC[C@H](n2cc(C3CCC(CN4CCNCC4)CC3)c3cnc(NCCC(F)(F)F)nc32)CC1. The summed E-state index contributed by atoms with van der Waals surface area (Å²) in [5.74, 6) is 1.44. The van der Waals surface area contributed by atoms with Crippen LogP contribution < -0.4 is 10.6 Å². The molecule has 0 atom stereocenters. The molecular weight excluding hydrogens is 505 g/mol. The van der Waals surface area contributed by atoms with Gasteiger partial charge in [-0.15, -0.1) is 12.4 Å². The fourth-order valence-electron chi connectivity index (χ4n) is 6.31. The molecule has 2 aliphatic carbocycles. The number of piperazine rings is 1. The average molecular weight is 545 g/mol. The maximum atomic E-state index is 12.6. The van der Waals surface area contributed by atoms with Crippen molar-refractivity contribution in [3.8, 4) is 0 Å². The van der Waals surface area contributed by atoms with E-state index >= 15 is 0 Å². The first-order valence-corrected chi connectivity index (χ1v) is 13.6. The Morgan fingerprint density at radius 1 is 1.03 bits per heavy atom. The third-order valence-corrected chi connectivity index (χ3v) is 8.37. The molecule has 1 aliphatic heterocycles. The van der Waals surface area contributed by atoms with Gasteiger partial charge in [0.2, 0.25) is 5.95 Å². The second-order valence-electron chi connectivity index (χ2n) is 10.9. The molecule has 5 rings (SSSR count). The van der Waals surface area contributed by atoms with Gasteiger partial charge in [0, 0.05) is 63.1 Å². The van der Waals surface area contributed by atoms with E-state index in [1.807, 2.05) is 0 Å². The minimum atomic E-state index is -4.21. The molecule has 2 saturated carbocycles. The number of anilines is 1. The molecule has 2 aromatic heterocycles. The molecule has 7 nitrogen and oxygen atoms in total. The summed E-state index contributed by atoms with van der Waals surface area (Å²) in [4.78, 5) is 11.7. The van der Waals surface area contributed by atoms with Crippen molar-refractivity contribution < 1.29 is 18.3 Å². The molecule has 208 valence electrons. The van der Waals surface area contributed by atoms with Gasteiger partial charge in [-0.3, -0.25) is 0 Å². The fraction of sp³-hybridized carbons (Fsp3) is 0.769. The van der Waals surface area contributed by atoms with E-state index in [2.05, 4.69) is 31.3 Å². The van der Waals surface area contributed by atoms with Crippen molar-refractivity contribution in [1.82, 2.24) is 24.8 Å². The zero-order chi connectivity index (χ0) is 25.1. The summed E-state index contributed by atoms with van der Waals surface area (Å²) in [6.07, 6.45) is 6.66. The largest absolute Gasteiger partial charge is 0.393 e. The van der Waals surface area contributed by atoms with Gasteiger partial charge < -0.3 is 25.2 Å². The molecule has 3 aliphatic rings. The lowest BCUT2D eigenvalue weighted by Gasteiger charge is -2.34. The van der Waals surface area contributed by atoms with Gasteiger partial charge in [0.1, 0.15) is 5.65 Å². The Morgan fingerprint density at radius 2 is 1.73 bits per heavy atom. The Balaban J connectivity index is 0.00000320. The Labute approximate surface area is 223 Å². The lowest BCUT2D eigenvalue weighted by molar-refractivity contribution is -0.131. The van der Waals surface area contributed by atoms with Crippen LogP contribution in [0.15, 0.2) is 12.4 Å². The van der Waals surface area contributed by atoms with Crippen molar-refractivity contribution in [2.45, 2.75) is 82.0 Å². The van der Waals surface area contributed by atoms with Gasteiger partial charge in [-0.1, -0.05) is 0 Å². The highest BCUT2D eigenvalue weighted by Gasteiger charge is 2.30. The number of rotatable bonds is 7. The van der Waals surface area contributed by atoms with E-state index in [9.17, 15) is 18.3 Å². The smallest absolute Gasteiger partial charge is 0.390 e. The van der Waals surface area contributed by atoms with E-state index in [1.54, 1.807) is 6.20 Å². The van der Waals surface area contributed by atoms with Crippen molar-refractivity contribution in [1.29, 1.82) is 0 Å². The third kappa shape index (κ3) is 7.28. The molecule has 0 amide bonds. The van der Waals surface area contributed by atoms with Crippen LogP contribution in [0.4, 0.5) is 19.1 Å². The number of alkyl halides is 3. The van der Waals surface area contributed by atoms with Crippen LogP contribution in [0.2, 0.25) is 0 Å². The zero-order valence-corrected chi connectivity index (χ0v) is 22.2. The molecule has 0 unspecified atom stereocenters. The van der Waals surface area contributed by atoms with Crippen molar-refractivity contribution in [2.24, 2.45) is 5.92 Å². The second-order valence-corrected chi connectivity index (χ2v) is 10.9. The Morgan fingerprint density at radius 3 is 2.41 bits per heavy atom. The number of nitrogens with zero attached hydrogens (tertiary/aromatic N) is 4. The van der Waals surface area contributed by atoms with Crippen LogP contribution in [0.25, 0.3) is 11.0 Å². The number of fused-ring (bicyclic) bond motifs is 1. The predicted molar refractivity (Wildman–Crippen MR) is 141 cm³/mol. The molecule has 2 aromatic rings. The summed E-state index contributed by atoms with van der Waals surface area (Å²) in [5.41, 5.74) is 2.08. The van der Waals surface area contributed by atoms with E-state index in [4.69, 9.17) is 4.98 Å². The van der Waals surface area contributed by atoms with Crippen LogP contribution in [0.1, 0.15) is 75.3 Å². The van der Waals surface area contributed by atoms with Gasteiger partial charge >= 0.3 is 6.18 Å².